The first kappa shape index (κ1) is 25.4. The first-order valence-corrected chi connectivity index (χ1v) is 12.3. The molecular formula is C25H27ClN2O5S. The van der Waals surface area contributed by atoms with Crippen molar-refractivity contribution < 1.29 is 22.7 Å². The fourth-order valence-corrected chi connectivity index (χ4v) is 5.00. The molecule has 0 aromatic heterocycles. The molecule has 0 fully saturated rings. The van der Waals surface area contributed by atoms with Crippen molar-refractivity contribution in [1.82, 2.24) is 4.90 Å². The van der Waals surface area contributed by atoms with Crippen LogP contribution in [-0.2, 0) is 21.4 Å². The van der Waals surface area contributed by atoms with Crippen LogP contribution in [0.2, 0.25) is 5.02 Å². The Morgan fingerprint density at radius 3 is 2.24 bits per heavy atom. The highest BCUT2D eigenvalue weighted by molar-refractivity contribution is 7.92. The van der Waals surface area contributed by atoms with Crippen LogP contribution in [0, 0.1) is 6.92 Å². The van der Waals surface area contributed by atoms with Gasteiger partial charge >= 0.3 is 0 Å². The number of carbonyl (C=O) groups is 1. The van der Waals surface area contributed by atoms with Gasteiger partial charge in [-0.3, -0.25) is 9.10 Å². The molecule has 1 amide bonds. The van der Waals surface area contributed by atoms with Crippen LogP contribution >= 0.6 is 11.6 Å². The van der Waals surface area contributed by atoms with Crippen LogP contribution in [0.5, 0.6) is 11.5 Å². The molecule has 0 saturated carbocycles. The topological polar surface area (TPSA) is 76.2 Å². The summed E-state index contributed by atoms with van der Waals surface area (Å²) in [4.78, 5) is 14.8. The Hall–Kier alpha value is -3.23. The molecule has 7 nitrogen and oxygen atoms in total. The maximum absolute atomic E-state index is 13.7. The second kappa shape index (κ2) is 10.8. The van der Waals surface area contributed by atoms with E-state index in [1.165, 1.54) is 30.2 Å². The summed E-state index contributed by atoms with van der Waals surface area (Å²) in [6, 6.07) is 18.4. The molecule has 9 heteroatoms. The second-order valence-corrected chi connectivity index (χ2v) is 10.0. The van der Waals surface area contributed by atoms with Crippen molar-refractivity contribution in [3.05, 3.63) is 82.9 Å². The fourth-order valence-electron chi connectivity index (χ4n) is 3.42. The van der Waals surface area contributed by atoms with Crippen molar-refractivity contribution in [3.63, 3.8) is 0 Å². The molecule has 0 spiro atoms. The minimum absolute atomic E-state index is 0.0558. The number of methoxy groups -OCH3 is 2. The van der Waals surface area contributed by atoms with Gasteiger partial charge in [0.2, 0.25) is 5.91 Å². The highest BCUT2D eigenvalue weighted by Crippen LogP contribution is 2.35. The zero-order valence-electron chi connectivity index (χ0n) is 19.5. The van der Waals surface area contributed by atoms with Gasteiger partial charge in [0.1, 0.15) is 18.0 Å². The average Bonchev–Trinajstić information content (AvgIpc) is 2.82. The molecule has 3 aromatic rings. The van der Waals surface area contributed by atoms with Crippen LogP contribution in [0.3, 0.4) is 0 Å². The minimum Gasteiger partial charge on any atom is -0.496 e. The predicted octanol–water partition coefficient (Wildman–Crippen LogP) is 4.52. The zero-order chi connectivity index (χ0) is 24.9. The number of hydrogen-bond acceptors (Lipinski definition) is 5. The SMILES string of the molecule is COc1ccccc1CN(C)C(=O)CN(c1cc(Cl)ccc1OC)S(=O)(=O)c1ccc(C)cc1. The number of benzene rings is 3. The summed E-state index contributed by atoms with van der Waals surface area (Å²) >= 11 is 6.19. The number of ether oxygens (including phenoxy) is 2. The monoisotopic (exact) mass is 502 g/mol. The number of likely N-dealkylation sites (N-methyl/N-ethyl adjacent to an activating group) is 1. The molecule has 3 rings (SSSR count). The Balaban J connectivity index is 2.00. The molecule has 0 aliphatic heterocycles. The Kier molecular flexibility index (Phi) is 8.06. The third-order valence-electron chi connectivity index (χ3n) is 5.32. The van der Waals surface area contributed by atoms with Crippen LogP contribution in [-0.4, -0.2) is 47.0 Å². The van der Waals surface area contributed by atoms with Crippen molar-refractivity contribution in [3.8, 4) is 11.5 Å². The smallest absolute Gasteiger partial charge is 0.264 e. The molecule has 180 valence electrons. The molecule has 0 saturated heterocycles. The molecule has 0 radical (unpaired) electrons. The van der Waals surface area contributed by atoms with E-state index >= 15 is 0 Å². The summed E-state index contributed by atoms with van der Waals surface area (Å²) in [5, 5.41) is 0.315. The van der Waals surface area contributed by atoms with E-state index in [9.17, 15) is 13.2 Å². The number of halogens is 1. The van der Waals surface area contributed by atoms with Crippen molar-refractivity contribution in [1.29, 1.82) is 0 Å². The summed E-state index contributed by atoms with van der Waals surface area (Å²) in [5.41, 5.74) is 1.89. The lowest BCUT2D eigenvalue weighted by molar-refractivity contribution is -0.128. The van der Waals surface area contributed by atoms with Gasteiger partial charge < -0.3 is 14.4 Å². The van der Waals surface area contributed by atoms with Gasteiger partial charge in [0.25, 0.3) is 10.0 Å². The summed E-state index contributed by atoms with van der Waals surface area (Å²) in [7, 11) is 0.487. The van der Waals surface area contributed by atoms with E-state index in [0.29, 0.717) is 10.8 Å². The molecule has 3 aromatic carbocycles. The van der Waals surface area contributed by atoms with Crippen molar-refractivity contribution in [2.75, 3.05) is 32.1 Å². The van der Waals surface area contributed by atoms with Gasteiger partial charge in [0, 0.05) is 24.2 Å². The van der Waals surface area contributed by atoms with Crippen LogP contribution in [0.4, 0.5) is 5.69 Å². The Labute approximate surface area is 205 Å². The predicted molar refractivity (Wildman–Crippen MR) is 133 cm³/mol. The summed E-state index contributed by atoms with van der Waals surface area (Å²) in [6.45, 7) is 1.66. The van der Waals surface area contributed by atoms with Gasteiger partial charge in [-0.1, -0.05) is 47.5 Å². The van der Waals surface area contributed by atoms with Gasteiger partial charge in [0.05, 0.1) is 24.8 Å². The summed E-state index contributed by atoms with van der Waals surface area (Å²) in [5.74, 6) is 0.506. The summed E-state index contributed by atoms with van der Waals surface area (Å²) in [6.07, 6.45) is 0. The van der Waals surface area contributed by atoms with Crippen LogP contribution in [0.1, 0.15) is 11.1 Å². The third kappa shape index (κ3) is 5.63. The average molecular weight is 503 g/mol. The van der Waals surface area contributed by atoms with Crippen molar-refractivity contribution >= 4 is 33.2 Å². The quantitative estimate of drug-likeness (QED) is 0.430. The number of anilines is 1. The number of sulfonamides is 1. The van der Waals surface area contributed by atoms with Gasteiger partial charge in [-0.2, -0.15) is 0 Å². The normalized spacial score (nSPS) is 11.1. The van der Waals surface area contributed by atoms with Gasteiger partial charge in [0.15, 0.2) is 0 Å². The van der Waals surface area contributed by atoms with Crippen LogP contribution in [0.25, 0.3) is 0 Å². The maximum Gasteiger partial charge on any atom is 0.264 e. The number of hydrogen-bond donors (Lipinski definition) is 0. The van der Waals surface area contributed by atoms with Crippen LogP contribution < -0.4 is 13.8 Å². The van der Waals surface area contributed by atoms with E-state index in [1.807, 2.05) is 25.1 Å². The van der Waals surface area contributed by atoms with Gasteiger partial charge in [-0.05, 0) is 43.3 Å². The number of amides is 1. The third-order valence-corrected chi connectivity index (χ3v) is 7.33. The van der Waals surface area contributed by atoms with Gasteiger partial charge in [-0.25, -0.2) is 8.42 Å². The first-order chi connectivity index (χ1) is 16.2. The van der Waals surface area contributed by atoms with Crippen LogP contribution in [0.15, 0.2) is 71.6 Å². The number of para-hydroxylation sites is 1. The highest BCUT2D eigenvalue weighted by Gasteiger charge is 2.30. The van der Waals surface area contributed by atoms with E-state index < -0.39 is 22.5 Å². The molecule has 0 aliphatic rings. The largest absolute Gasteiger partial charge is 0.496 e. The molecule has 0 bridgehead atoms. The number of aryl methyl sites for hydroxylation is 1. The number of carbonyl (C=O) groups excluding carboxylic acids is 1. The minimum atomic E-state index is -4.11. The Morgan fingerprint density at radius 1 is 0.941 bits per heavy atom. The van der Waals surface area contributed by atoms with E-state index in [1.54, 1.807) is 44.5 Å². The van der Waals surface area contributed by atoms with Crippen molar-refractivity contribution in [2.45, 2.75) is 18.4 Å². The lowest BCUT2D eigenvalue weighted by Crippen LogP contribution is -2.41. The van der Waals surface area contributed by atoms with Crippen molar-refractivity contribution in [2.24, 2.45) is 0 Å². The molecule has 0 aliphatic carbocycles. The van der Waals surface area contributed by atoms with E-state index in [4.69, 9.17) is 21.1 Å². The molecule has 34 heavy (non-hydrogen) atoms. The number of nitrogens with zero attached hydrogens (tertiary/aromatic N) is 2. The molecule has 0 atom stereocenters. The fraction of sp³-hybridized carbons (Fsp3) is 0.240. The molecule has 0 N–H and O–H groups in total. The standard InChI is InChI=1S/C25H27ClN2O5S/c1-18-9-12-21(13-10-18)34(30,31)28(22-15-20(26)11-14-24(22)33-4)17-25(29)27(2)16-19-7-5-6-8-23(19)32-3/h5-15H,16-17H2,1-4H3. The van der Waals surface area contributed by atoms with E-state index in [-0.39, 0.29) is 22.9 Å². The van der Waals surface area contributed by atoms with E-state index in [2.05, 4.69) is 0 Å². The maximum atomic E-state index is 13.7. The Morgan fingerprint density at radius 2 is 1.59 bits per heavy atom. The molecular weight excluding hydrogens is 476 g/mol. The Bertz CT molecular complexity index is 1260. The summed E-state index contributed by atoms with van der Waals surface area (Å²) < 4.78 is 39.1. The zero-order valence-corrected chi connectivity index (χ0v) is 21.1. The molecule has 0 unspecified atom stereocenters. The first-order valence-electron chi connectivity index (χ1n) is 10.5. The second-order valence-electron chi connectivity index (χ2n) is 7.70. The van der Waals surface area contributed by atoms with Gasteiger partial charge in [-0.15, -0.1) is 0 Å². The lowest BCUT2D eigenvalue weighted by Gasteiger charge is -2.28. The lowest BCUT2D eigenvalue weighted by atomic mass is 10.2. The highest BCUT2D eigenvalue weighted by atomic mass is 35.5. The number of rotatable bonds is 9. The molecule has 0 heterocycles. The van der Waals surface area contributed by atoms with E-state index in [0.717, 1.165) is 15.4 Å².